The second-order valence-corrected chi connectivity index (χ2v) is 5.81. The smallest absolute Gasteiger partial charge is 0.307 e. The minimum Gasteiger partial charge on any atom is -0.307 e. The van der Waals surface area contributed by atoms with Crippen LogP contribution in [0.25, 0.3) is 0 Å². The molecular weight excluding hydrogens is 283 g/mol. The molecule has 1 unspecified atom stereocenters. The molecule has 5 rings (SSSR count). The van der Waals surface area contributed by atoms with Gasteiger partial charge in [0.15, 0.2) is 5.69 Å². The van der Waals surface area contributed by atoms with Crippen LogP contribution in [0.15, 0.2) is 0 Å². The van der Waals surface area contributed by atoms with Crippen LogP contribution in [0, 0.1) is 0 Å². The Morgan fingerprint density at radius 3 is 2.43 bits per heavy atom. The largest absolute Gasteiger partial charge is 0.433 e. The van der Waals surface area contributed by atoms with E-state index in [2.05, 4.69) is 25.1 Å². The third kappa shape index (κ3) is 2.21. The van der Waals surface area contributed by atoms with Crippen molar-refractivity contribution < 1.29 is 13.2 Å². The summed E-state index contributed by atoms with van der Waals surface area (Å²) in [5.41, 5.74) is -0.0438. The third-order valence-electron chi connectivity index (χ3n) is 4.55. The summed E-state index contributed by atoms with van der Waals surface area (Å²) < 4.78 is 39.7. The molecule has 3 fully saturated rings. The number of alkyl halides is 3. The predicted octanol–water partition coefficient (Wildman–Crippen LogP) is 0.771. The first-order valence-electron chi connectivity index (χ1n) is 7.16. The molecule has 3 saturated heterocycles. The fourth-order valence-electron chi connectivity index (χ4n) is 3.43. The lowest BCUT2D eigenvalue weighted by atomic mass is 10.1. The summed E-state index contributed by atoms with van der Waals surface area (Å²) in [7, 11) is 0. The topological polar surface area (TPSA) is 44.3 Å². The van der Waals surface area contributed by atoms with Gasteiger partial charge in [-0.1, -0.05) is 0 Å². The van der Waals surface area contributed by atoms with Crippen molar-refractivity contribution in [2.45, 2.75) is 25.3 Å². The average Bonchev–Trinajstić information content (AvgIpc) is 2.94. The Kier molecular flexibility index (Phi) is 2.95. The number of halogens is 3. The first-order valence-corrected chi connectivity index (χ1v) is 7.16. The second kappa shape index (κ2) is 4.62. The molecule has 1 N–H and O–H groups in total. The summed E-state index contributed by atoms with van der Waals surface area (Å²) in [6, 6.07) is -0.112. The number of fused-ring (bicyclic) bond motifs is 4. The fraction of sp³-hybridized carbons (Fsp3) is 0.692. The van der Waals surface area contributed by atoms with E-state index in [0.29, 0.717) is 18.1 Å². The highest BCUT2D eigenvalue weighted by Crippen LogP contribution is 2.35. The normalized spacial score (nSPS) is 31.5. The van der Waals surface area contributed by atoms with Crippen LogP contribution in [0.3, 0.4) is 0 Å². The van der Waals surface area contributed by atoms with E-state index in [4.69, 9.17) is 0 Å². The SMILES string of the molecule is FC(F)(F)c1nc(C2CN3CCN2CC3)nc2c1CNC2. The lowest BCUT2D eigenvalue weighted by molar-refractivity contribution is -0.142. The van der Waals surface area contributed by atoms with Crippen molar-refractivity contribution in [2.75, 3.05) is 32.7 Å². The van der Waals surface area contributed by atoms with Gasteiger partial charge in [0.1, 0.15) is 5.82 Å². The molecule has 0 aliphatic carbocycles. The van der Waals surface area contributed by atoms with Gasteiger partial charge in [0, 0.05) is 51.4 Å². The van der Waals surface area contributed by atoms with Crippen molar-refractivity contribution in [3.05, 3.63) is 22.8 Å². The van der Waals surface area contributed by atoms with Gasteiger partial charge in [-0.25, -0.2) is 9.97 Å². The van der Waals surface area contributed by atoms with Gasteiger partial charge in [-0.05, 0) is 0 Å². The van der Waals surface area contributed by atoms with E-state index in [1.807, 2.05) is 0 Å². The van der Waals surface area contributed by atoms with E-state index in [9.17, 15) is 13.2 Å². The summed E-state index contributed by atoms with van der Waals surface area (Å²) in [5, 5.41) is 2.94. The zero-order chi connectivity index (χ0) is 14.6. The van der Waals surface area contributed by atoms with Crippen LogP contribution in [-0.2, 0) is 19.3 Å². The monoisotopic (exact) mass is 299 g/mol. The summed E-state index contributed by atoms with van der Waals surface area (Å²) in [6.45, 7) is 5.04. The quantitative estimate of drug-likeness (QED) is 0.830. The Bertz CT molecular complexity index is 566. The highest BCUT2D eigenvalue weighted by Gasteiger charge is 2.41. The van der Waals surface area contributed by atoms with Crippen molar-refractivity contribution in [2.24, 2.45) is 0 Å². The lowest BCUT2D eigenvalue weighted by Gasteiger charge is -2.46. The molecule has 5 nitrogen and oxygen atoms in total. The van der Waals surface area contributed by atoms with Crippen molar-refractivity contribution in [3.63, 3.8) is 0 Å². The molecule has 0 saturated carbocycles. The number of aromatic nitrogens is 2. The highest BCUT2D eigenvalue weighted by molar-refractivity contribution is 5.32. The average molecular weight is 299 g/mol. The highest BCUT2D eigenvalue weighted by atomic mass is 19.4. The van der Waals surface area contributed by atoms with Crippen LogP contribution >= 0.6 is 0 Å². The van der Waals surface area contributed by atoms with Crippen molar-refractivity contribution in [1.29, 1.82) is 0 Å². The molecule has 8 heteroatoms. The summed E-state index contributed by atoms with van der Waals surface area (Å²) >= 11 is 0. The van der Waals surface area contributed by atoms with E-state index in [1.165, 1.54) is 0 Å². The standard InChI is InChI=1S/C13H16F3N5/c14-13(15,16)11-8-5-17-6-9(8)18-12(19-11)10-7-20-1-3-21(10)4-2-20/h10,17H,1-7H2. The van der Waals surface area contributed by atoms with Crippen molar-refractivity contribution in [3.8, 4) is 0 Å². The fourth-order valence-corrected chi connectivity index (χ4v) is 3.43. The van der Waals surface area contributed by atoms with Crippen molar-refractivity contribution in [1.82, 2.24) is 25.1 Å². The minimum absolute atomic E-state index is 0.112. The molecule has 1 aromatic heterocycles. The maximum atomic E-state index is 13.2. The molecule has 2 bridgehead atoms. The van der Waals surface area contributed by atoms with Gasteiger partial charge < -0.3 is 5.32 Å². The molecule has 0 spiro atoms. The molecule has 1 aromatic rings. The predicted molar refractivity (Wildman–Crippen MR) is 68.3 cm³/mol. The Hall–Kier alpha value is -1.25. The minimum atomic E-state index is -4.42. The number of hydrogen-bond acceptors (Lipinski definition) is 5. The van der Waals surface area contributed by atoms with Crippen LogP contribution in [-0.4, -0.2) is 52.5 Å². The van der Waals surface area contributed by atoms with Gasteiger partial charge >= 0.3 is 6.18 Å². The zero-order valence-corrected chi connectivity index (χ0v) is 11.4. The molecule has 4 aliphatic heterocycles. The third-order valence-corrected chi connectivity index (χ3v) is 4.55. The van der Waals surface area contributed by atoms with E-state index in [-0.39, 0.29) is 18.2 Å². The van der Waals surface area contributed by atoms with Crippen LogP contribution in [0.4, 0.5) is 13.2 Å². The zero-order valence-electron chi connectivity index (χ0n) is 11.4. The Labute approximate surface area is 120 Å². The Morgan fingerprint density at radius 1 is 1.05 bits per heavy atom. The molecule has 21 heavy (non-hydrogen) atoms. The first kappa shape index (κ1) is 13.4. The van der Waals surface area contributed by atoms with Gasteiger partial charge in [-0.2, -0.15) is 13.2 Å². The molecule has 4 aliphatic rings. The van der Waals surface area contributed by atoms with Gasteiger partial charge in [-0.3, -0.25) is 9.80 Å². The molecule has 0 amide bonds. The number of hydrogen-bond donors (Lipinski definition) is 1. The number of nitrogens with one attached hydrogen (secondary N) is 1. The lowest BCUT2D eigenvalue weighted by Crippen LogP contribution is -2.57. The van der Waals surface area contributed by atoms with E-state index in [1.54, 1.807) is 0 Å². The number of nitrogens with zero attached hydrogens (tertiary/aromatic N) is 4. The molecule has 0 aromatic carbocycles. The summed E-state index contributed by atoms with van der Waals surface area (Å²) in [6.07, 6.45) is -4.42. The van der Waals surface area contributed by atoms with Crippen LogP contribution in [0.1, 0.15) is 28.8 Å². The summed E-state index contributed by atoms with van der Waals surface area (Å²) in [4.78, 5) is 12.8. The van der Waals surface area contributed by atoms with Gasteiger partial charge in [0.05, 0.1) is 11.7 Å². The van der Waals surface area contributed by atoms with Gasteiger partial charge in [0.2, 0.25) is 0 Å². The van der Waals surface area contributed by atoms with E-state index >= 15 is 0 Å². The maximum Gasteiger partial charge on any atom is 0.433 e. The second-order valence-electron chi connectivity index (χ2n) is 5.81. The molecular formula is C13H16F3N5. The Balaban J connectivity index is 1.76. The summed E-state index contributed by atoms with van der Waals surface area (Å²) in [5.74, 6) is 0.328. The molecule has 114 valence electrons. The van der Waals surface area contributed by atoms with Crippen LogP contribution in [0.5, 0.6) is 0 Å². The van der Waals surface area contributed by atoms with Gasteiger partial charge in [-0.15, -0.1) is 0 Å². The van der Waals surface area contributed by atoms with Crippen molar-refractivity contribution >= 4 is 0 Å². The maximum absolute atomic E-state index is 13.2. The molecule has 1 atom stereocenters. The molecule has 0 radical (unpaired) electrons. The van der Waals surface area contributed by atoms with E-state index in [0.717, 1.165) is 32.7 Å². The van der Waals surface area contributed by atoms with Crippen LogP contribution < -0.4 is 5.32 Å². The van der Waals surface area contributed by atoms with E-state index < -0.39 is 11.9 Å². The van der Waals surface area contributed by atoms with Crippen LogP contribution in [0.2, 0.25) is 0 Å². The number of piperazine rings is 3. The number of rotatable bonds is 1. The Morgan fingerprint density at radius 2 is 1.81 bits per heavy atom. The van der Waals surface area contributed by atoms with Gasteiger partial charge in [0.25, 0.3) is 0 Å². The molecule has 5 heterocycles. The first-order chi connectivity index (χ1) is 10.0.